The van der Waals surface area contributed by atoms with Crippen LogP contribution in [0.3, 0.4) is 0 Å². The summed E-state index contributed by atoms with van der Waals surface area (Å²) in [6, 6.07) is 1.31. The van der Waals surface area contributed by atoms with Gasteiger partial charge in [0.15, 0.2) is 5.69 Å². The highest BCUT2D eigenvalue weighted by Gasteiger charge is 2.11. The Morgan fingerprint density at radius 3 is 2.77 bits per heavy atom. The molecule has 0 aliphatic heterocycles. The van der Waals surface area contributed by atoms with Crippen molar-refractivity contribution in [2.45, 2.75) is 6.92 Å². The maximum absolute atomic E-state index is 10.6. The van der Waals surface area contributed by atoms with E-state index in [0.29, 0.717) is 11.3 Å². The summed E-state index contributed by atoms with van der Waals surface area (Å²) in [6.45, 7) is 1.72. The average molecular weight is 182 g/mol. The molecule has 1 aromatic rings. The molecule has 0 amide bonds. The van der Waals surface area contributed by atoms with Gasteiger partial charge in [-0.15, -0.1) is 0 Å². The minimum absolute atomic E-state index is 0.111. The number of rotatable bonds is 2. The number of carboxylic acids is 1. The highest BCUT2D eigenvalue weighted by molar-refractivity contribution is 5.87. The lowest BCUT2D eigenvalue weighted by atomic mass is 10.2. The van der Waals surface area contributed by atoms with E-state index in [1.54, 1.807) is 6.92 Å². The third-order valence-corrected chi connectivity index (χ3v) is 1.68. The molecule has 0 bridgehead atoms. The molecule has 1 heterocycles. The molecule has 0 fully saturated rings. The Kier molecular flexibility index (Phi) is 2.36. The van der Waals surface area contributed by atoms with Gasteiger partial charge in [0.05, 0.1) is 7.11 Å². The smallest absolute Gasteiger partial charge is 0.354 e. The lowest BCUT2D eigenvalue weighted by Gasteiger charge is -2.06. The quantitative estimate of drug-likeness (QED) is 0.702. The number of anilines is 1. The van der Waals surface area contributed by atoms with E-state index in [1.807, 2.05) is 0 Å². The van der Waals surface area contributed by atoms with Gasteiger partial charge in [-0.1, -0.05) is 0 Å². The number of ether oxygens (including phenoxy) is 1. The molecule has 0 saturated heterocycles. The summed E-state index contributed by atoms with van der Waals surface area (Å²) < 4.78 is 4.86. The SMILES string of the molecule is COc1nc(C(=O)O)cc(N)c1C. The van der Waals surface area contributed by atoms with Gasteiger partial charge in [0.1, 0.15) is 0 Å². The molecule has 3 N–H and O–H groups in total. The van der Waals surface area contributed by atoms with Gasteiger partial charge in [-0.25, -0.2) is 9.78 Å². The first-order chi connectivity index (χ1) is 6.06. The normalized spacial score (nSPS) is 9.69. The number of carbonyl (C=O) groups is 1. The number of aromatic carboxylic acids is 1. The second kappa shape index (κ2) is 3.30. The van der Waals surface area contributed by atoms with Crippen LogP contribution in [0, 0.1) is 6.92 Å². The van der Waals surface area contributed by atoms with Gasteiger partial charge in [0.2, 0.25) is 5.88 Å². The number of aromatic nitrogens is 1. The van der Waals surface area contributed by atoms with Gasteiger partial charge in [0, 0.05) is 11.3 Å². The van der Waals surface area contributed by atoms with Crippen LogP contribution in [-0.2, 0) is 0 Å². The molecule has 5 heteroatoms. The van der Waals surface area contributed by atoms with E-state index >= 15 is 0 Å². The molecule has 0 atom stereocenters. The monoisotopic (exact) mass is 182 g/mol. The minimum atomic E-state index is -1.12. The summed E-state index contributed by atoms with van der Waals surface area (Å²) in [4.78, 5) is 14.3. The molecular formula is C8H10N2O3. The molecule has 0 spiro atoms. The van der Waals surface area contributed by atoms with E-state index in [4.69, 9.17) is 15.6 Å². The average Bonchev–Trinajstić information content (AvgIpc) is 2.09. The molecule has 1 aromatic heterocycles. The van der Waals surface area contributed by atoms with Crippen LogP contribution in [0.25, 0.3) is 0 Å². The molecular weight excluding hydrogens is 172 g/mol. The molecule has 0 aromatic carbocycles. The molecule has 0 radical (unpaired) electrons. The predicted molar refractivity (Wildman–Crippen MR) is 46.9 cm³/mol. The predicted octanol–water partition coefficient (Wildman–Crippen LogP) is 0.679. The zero-order valence-corrected chi connectivity index (χ0v) is 7.37. The van der Waals surface area contributed by atoms with Crippen molar-refractivity contribution < 1.29 is 14.6 Å². The van der Waals surface area contributed by atoms with E-state index < -0.39 is 5.97 Å². The number of nitrogens with zero attached hydrogens (tertiary/aromatic N) is 1. The molecule has 0 aliphatic carbocycles. The van der Waals surface area contributed by atoms with Crippen molar-refractivity contribution >= 4 is 11.7 Å². The molecule has 1 rings (SSSR count). The van der Waals surface area contributed by atoms with Crippen LogP contribution in [0.5, 0.6) is 5.88 Å². The highest BCUT2D eigenvalue weighted by atomic mass is 16.5. The first kappa shape index (κ1) is 9.31. The summed E-state index contributed by atoms with van der Waals surface area (Å²) in [5.41, 5.74) is 6.45. The minimum Gasteiger partial charge on any atom is -0.481 e. The van der Waals surface area contributed by atoms with Crippen LogP contribution in [0.15, 0.2) is 6.07 Å². The maximum Gasteiger partial charge on any atom is 0.354 e. The van der Waals surface area contributed by atoms with Gasteiger partial charge in [-0.05, 0) is 13.0 Å². The third-order valence-electron chi connectivity index (χ3n) is 1.68. The first-order valence-electron chi connectivity index (χ1n) is 3.60. The van der Waals surface area contributed by atoms with Crippen molar-refractivity contribution in [2.24, 2.45) is 0 Å². The van der Waals surface area contributed by atoms with Crippen molar-refractivity contribution in [1.82, 2.24) is 4.98 Å². The lowest BCUT2D eigenvalue weighted by Crippen LogP contribution is -2.05. The van der Waals surface area contributed by atoms with Crippen LogP contribution in [-0.4, -0.2) is 23.2 Å². The van der Waals surface area contributed by atoms with Crippen molar-refractivity contribution in [3.8, 4) is 5.88 Å². The topological polar surface area (TPSA) is 85.4 Å². The Bertz CT molecular complexity index is 349. The summed E-state index contributed by atoms with van der Waals surface area (Å²) in [5, 5.41) is 8.65. The van der Waals surface area contributed by atoms with Crippen LogP contribution >= 0.6 is 0 Å². The molecule has 0 saturated carbocycles. The molecule has 0 unspecified atom stereocenters. The fourth-order valence-corrected chi connectivity index (χ4v) is 0.913. The molecule has 13 heavy (non-hydrogen) atoms. The fourth-order valence-electron chi connectivity index (χ4n) is 0.913. The van der Waals surface area contributed by atoms with E-state index in [2.05, 4.69) is 4.98 Å². The van der Waals surface area contributed by atoms with Crippen molar-refractivity contribution in [3.05, 3.63) is 17.3 Å². The fraction of sp³-hybridized carbons (Fsp3) is 0.250. The molecule has 0 aliphatic rings. The Balaban J connectivity index is 3.30. The largest absolute Gasteiger partial charge is 0.481 e. The Hall–Kier alpha value is -1.78. The number of pyridine rings is 1. The van der Waals surface area contributed by atoms with Crippen molar-refractivity contribution in [1.29, 1.82) is 0 Å². The van der Waals surface area contributed by atoms with E-state index in [1.165, 1.54) is 13.2 Å². The second-order valence-electron chi connectivity index (χ2n) is 2.54. The Morgan fingerprint density at radius 1 is 1.69 bits per heavy atom. The number of methoxy groups -OCH3 is 1. The Labute approximate surface area is 75.2 Å². The lowest BCUT2D eigenvalue weighted by molar-refractivity contribution is 0.0689. The highest BCUT2D eigenvalue weighted by Crippen LogP contribution is 2.21. The number of nitrogens with two attached hydrogens (primary N) is 1. The van der Waals surface area contributed by atoms with Crippen LogP contribution < -0.4 is 10.5 Å². The van der Waals surface area contributed by atoms with Crippen molar-refractivity contribution in [3.63, 3.8) is 0 Å². The summed E-state index contributed by atoms with van der Waals surface area (Å²) in [7, 11) is 1.42. The summed E-state index contributed by atoms with van der Waals surface area (Å²) >= 11 is 0. The maximum atomic E-state index is 10.6. The van der Waals surface area contributed by atoms with Crippen molar-refractivity contribution in [2.75, 3.05) is 12.8 Å². The summed E-state index contributed by atoms with van der Waals surface area (Å²) in [5.74, 6) is -0.873. The third kappa shape index (κ3) is 1.69. The number of carboxylic acid groups (broad SMARTS) is 1. The van der Waals surface area contributed by atoms with Crippen LogP contribution in [0.2, 0.25) is 0 Å². The van der Waals surface area contributed by atoms with Gasteiger partial charge in [-0.3, -0.25) is 0 Å². The zero-order chi connectivity index (χ0) is 10.0. The van der Waals surface area contributed by atoms with Gasteiger partial charge < -0.3 is 15.6 Å². The molecule has 5 nitrogen and oxygen atoms in total. The van der Waals surface area contributed by atoms with Crippen LogP contribution in [0.1, 0.15) is 16.1 Å². The van der Waals surface area contributed by atoms with Gasteiger partial charge >= 0.3 is 5.97 Å². The second-order valence-corrected chi connectivity index (χ2v) is 2.54. The molecule has 70 valence electrons. The van der Waals surface area contributed by atoms with E-state index in [9.17, 15) is 4.79 Å². The van der Waals surface area contributed by atoms with Crippen LogP contribution in [0.4, 0.5) is 5.69 Å². The Morgan fingerprint density at radius 2 is 2.31 bits per heavy atom. The number of nitrogen functional groups attached to an aromatic ring is 1. The number of hydrogen-bond acceptors (Lipinski definition) is 4. The summed E-state index contributed by atoms with van der Waals surface area (Å²) in [6.07, 6.45) is 0. The van der Waals surface area contributed by atoms with E-state index in [0.717, 1.165) is 0 Å². The number of hydrogen-bond donors (Lipinski definition) is 2. The van der Waals surface area contributed by atoms with Gasteiger partial charge in [-0.2, -0.15) is 0 Å². The van der Waals surface area contributed by atoms with Gasteiger partial charge in [0.25, 0.3) is 0 Å². The first-order valence-corrected chi connectivity index (χ1v) is 3.60. The van der Waals surface area contributed by atoms with E-state index in [-0.39, 0.29) is 11.6 Å². The zero-order valence-electron chi connectivity index (χ0n) is 7.37. The standard InChI is InChI=1S/C8H10N2O3/c1-4-5(9)3-6(8(11)12)10-7(4)13-2/h3H,1-2H3,(H2,9,10)(H,11,12).